The van der Waals surface area contributed by atoms with Gasteiger partial charge in [0.2, 0.25) is 0 Å². The van der Waals surface area contributed by atoms with E-state index < -0.39 is 5.97 Å². The Morgan fingerprint density at radius 1 is 1.21 bits per heavy atom. The first-order valence-corrected chi connectivity index (χ1v) is 7.47. The van der Waals surface area contributed by atoms with Crippen LogP contribution in [0.4, 0.5) is 0 Å². The average molecular weight is 358 g/mol. The molecule has 1 N–H and O–H groups in total. The van der Waals surface area contributed by atoms with Crippen molar-refractivity contribution in [3.63, 3.8) is 0 Å². The molecule has 2 rings (SSSR count). The molecule has 0 aliphatic heterocycles. The minimum absolute atomic E-state index is 0.0512. The van der Waals surface area contributed by atoms with E-state index in [-0.39, 0.29) is 6.42 Å². The molecule has 0 fully saturated rings. The zero-order chi connectivity index (χ0) is 13.8. The zero-order valence-electron chi connectivity index (χ0n) is 9.77. The molecule has 0 radical (unpaired) electrons. The predicted octanol–water partition coefficient (Wildman–Crippen LogP) is 4.88. The van der Waals surface area contributed by atoms with Crippen molar-refractivity contribution in [1.29, 1.82) is 0 Å². The van der Waals surface area contributed by atoms with Gasteiger partial charge in [-0.05, 0) is 51.8 Å². The Hall–Kier alpha value is -0.970. The third-order valence-corrected chi connectivity index (χ3v) is 4.64. The SMILES string of the molecule is O=C(O)Cc1ccc(Sc2ccc(Cl)cc2Br)cc1. The van der Waals surface area contributed by atoms with E-state index in [1.54, 1.807) is 11.8 Å². The van der Waals surface area contributed by atoms with Crippen LogP contribution in [0.3, 0.4) is 0 Å². The highest BCUT2D eigenvalue weighted by atomic mass is 79.9. The number of carboxylic acids is 1. The summed E-state index contributed by atoms with van der Waals surface area (Å²) in [6.45, 7) is 0. The van der Waals surface area contributed by atoms with Crippen molar-refractivity contribution in [2.45, 2.75) is 16.2 Å². The van der Waals surface area contributed by atoms with Gasteiger partial charge in [-0.3, -0.25) is 4.79 Å². The Bertz CT molecular complexity index is 599. The lowest BCUT2D eigenvalue weighted by Crippen LogP contribution is -1.99. The summed E-state index contributed by atoms with van der Waals surface area (Å²) < 4.78 is 0.944. The molecule has 5 heteroatoms. The molecule has 2 nitrogen and oxygen atoms in total. The van der Waals surface area contributed by atoms with E-state index in [1.807, 2.05) is 42.5 Å². The maximum absolute atomic E-state index is 10.6. The second kappa shape index (κ2) is 6.46. The van der Waals surface area contributed by atoms with Gasteiger partial charge in [0.15, 0.2) is 0 Å². The van der Waals surface area contributed by atoms with E-state index in [2.05, 4.69) is 15.9 Å². The maximum Gasteiger partial charge on any atom is 0.307 e. The Morgan fingerprint density at radius 2 is 1.89 bits per heavy atom. The largest absolute Gasteiger partial charge is 0.481 e. The Balaban J connectivity index is 2.13. The van der Waals surface area contributed by atoms with Gasteiger partial charge in [0.25, 0.3) is 0 Å². The van der Waals surface area contributed by atoms with E-state index >= 15 is 0 Å². The Morgan fingerprint density at radius 3 is 2.47 bits per heavy atom. The normalized spacial score (nSPS) is 10.4. The molecule has 0 aliphatic carbocycles. The van der Waals surface area contributed by atoms with Crippen LogP contribution < -0.4 is 0 Å². The van der Waals surface area contributed by atoms with Crippen molar-refractivity contribution >= 4 is 45.3 Å². The molecule has 0 bridgehead atoms. The monoisotopic (exact) mass is 356 g/mol. The number of benzene rings is 2. The first kappa shape index (κ1) is 14.4. The second-order valence-electron chi connectivity index (χ2n) is 3.89. The van der Waals surface area contributed by atoms with Gasteiger partial charge in [-0.1, -0.05) is 35.5 Å². The first-order valence-electron chi connectivity index (χ1n) is 5.48. The zero-order valence-corrected chi connectivity index (χ0v) is 12.9. The quantitative estimate of drug-likeness (QED) is 0.847. The third-order valence-electron chi connectivity index (χ3n) is 2.40. The van der Waals surface area contributed by atoms with E-state index in [0.717, 1.165) is 19.8 Å². The fourth-order valence-electron chi connectivity index (χ4n) is 1.53. The van der Waals surface area contributed by atoms with Crippen molar-refractivity contribution in [1.82, 2.24) is 0 Å². The van der Waals surface area contributed by atoms with Gasteiger partial charge in [-0.25, -0.2) is 0 Å². The fourth-order valence-corrected chi connectivity index (χ4v) is 3.28. The summed E-state index contributed by atoms with van der Waals surface area (Å²) in [7, 11) is 0. The van der Waals surface area contributed by atoms with Gasteiger partial charge in [0.05, 0.1) is 6.42 Å². The number of rotatable bonds is 4. The number of aliphatic carboxylic acids is 1. The highest BCUT2D eigenvalue weighted by molar-refractivity contribution is 9.10. The predicted molar refractivity (Wildman–Crippen MR) is 81.1 cm³/mol. The smallest absolute Gasteiger partial charge is 0.307 e. The van der Waals surface area contributed by atoms with Crippen molar-refractivity contribution in [3.05, 3.63) is 57.5 Å². The summed E-state index contributed by atoms with van der Waals surface area (Å²) in [5, 5.41) is 9.40. The van der Waals surface area contributed by atoms with Gasteiger partial charge in [-0.15, -0.1) is 0 Å². The number of carboxylic acid groups (broad SMARTS) is 1. The average Bonchev–Trinajstić information content (AvgIpc) is 2.34. The standard InChI is InChI=1S/C14H10BrClO2S/c15-12-8-10(16)3-6-13(12)19-11-4-1-9(2-5-11)7-14(17)18/h1-6,8H,7H2,(H,17,18). The van der Waals surface area contributed by atoms with E-state index in [1.165, 1.54) is 0 Å². The summed E-state index contributed by atoms with van der Waals surface area (Å²) in [5.41, 5.74) is 0.798. The number of hydrogen-bond acceptors (Lipinski definition) is 2. The van der Waals surface area contributed by atoms with Crippen molar-refractivity contribution in [3.8, 4) is 0 Å². The van der Waals surface area contributed by atoms with Gasteiger partial charge in [0, 0.05) is 19.3 Å². The molecular formula is C14H10BrClO2S. The highest BCUT2D eigenvalue weighted by Crippen LogP contribution is 2.34. The lowest BCUT2D eigenvalue weighted by molar-refractivity contribution is -0.136. The van der Waals surface area contributed by atoms with Crippen LogP contribution in [-0.2, 0) is 11.2 Å². The molecular weight excluding hydrogens is 348 g/mol. The van der Waals surface area contributed by atoms with Crippen LogP contribution in [0.25, 0.3) is 0 Å². The summed E-state index contributed by atoms with van der Waals surface area (Å²) in [6, 6.07) is 13.1. The van der Waals surface area contributed by atoms with Crippen molar-refractivity contribution < 1.29 is 9.90 Å². The molecule has 0 aliphatic rings. The Kier molecular flexibility index (Phi) is 4.91. The summed E-state index contributed by atoms with van der Waals surface area (Å²) >= 11 is 11.0. The topological polar surface area (TPSA) is 37.3 Å². The number of halogens is 2. The van der Waals surface area contributed by atoms with Crippen LogP contribution in [0, 0.1) is 0 Å². The first-order chi connectivity index (χ1) is 9.04. The highest BCUT2D eigenvalue weighted by Gasteiger charge is 2.04. The molecule has 0 aromatic heterocycles. The number of hydrogen-bond donors (Lipinski definition) is 1. The van der Waals surface area contributed by atoms with Crippen LogP contribution in [0.2, 0.25) is 5.02 Å². The summed E-state index contributed by atoms with van der Waals surface area (Å²) in [5.74, 6) is -0.819. The van der Waals surface area contributed by atoms with Crippen molar-refractivity contribution in [2.75, 3.05) is 0 Å². The lowest BCUT2D eigenvalue weighted by atomic mass is 10.2. The van der Waals surface area contributed by atoms with Gasteiger partial charge >= 0.3 is 5.97 Å². The summed E-state index contributed by atoms with van der Waals surface area (Å²) in [4.78, 5) is 12.7. The van der Waals surface area contributed by atoms with Crippen LogP contribution in [0.5, 0.6) is 0 Å². The fraction of sp³-hybridized carbons (Fsp3) is 0.0714. The van der Waals surface area contributed by atoms with Crippen LogP contribution in [0.1, 0.15) is 5.56 Å². The lowest BCUT2D eigenvalue weighted by Gasteiger charge is -2.05. The molecule has 0 amide bonds. The molecule has 0 spiro atoms. The van der Waals surface area contributed by atoms with Crippen LogP contribution in [0.15, 0.2) is 56.7 Å². The minimum atomic E-state index is -0.819. The van der Waals surface area contributed by atoms with Gasteiger partial charge in [-0.2, -0.15) is 0 Å². The maximum atomic E-state index is 10.6. The molecule has 0 saturated carbocycles. The molecule has 0 heterocycles. The molecule has 2 aromatic rings. The summed E-state index contributed by atoms with van der Waals surface area (Å²) in [6.07, 6.45) is 0.0512. The van der Waals surface area contributed by atoms with Gasteiger partial charge < -0.3 is 5.11 Å². The minimum Gasteiger partial charge on any atom is -0.481 e. The van der Waals surface area contributed by atoms with E-state index in [4.69, 9.17) is 16.7 Å². The molecule has 0 unspecified atom stereocenters. The molecule has 0 saturated heterocycles. The number of carbonyl (C=O) groups is 1. The second-order valence-corrected chi connectivity index (χ2v) is 6.30. The van der Waals surface area contributed by atoms with Crippen LogP contribution in [-0.4, -0.2) is 11.1 Å². The van der Waals surface area contributed by atoms with Gasteiger partial charge in [0.1, 0.15) is 0 Å². The van der Waals surface area contributed by atoms with Crippen LogP contribution >= 0.6 is 39.3 Å². The molecule has 0 atom stereocenters. The third kappa shape index (κ3) is 4.27. The van der Waals surface area contributed by atoms with Crippen molar-refractivity contribution in [2.24, 2.45) is 0 Å². The molecule has 2 aromatic carbocycles. The van der Waals surface area contributed by atoms with E-state index in [9.17, 15) is 4.79 Å². The molecule has 98 valence electrons. The van der Waals surface area contributed by atoms with E-state index in [0.29, 0.717) is 5.02 Å². The molecule has 19 heavy (non-hydrogen) atoms. The Labute approximate surface area is 128 Å².